The van der Waals surface area contributed by atoms with E-state index in [1.807, 2.05) is 0 Å². The monoisotopic (exact) mass is 202 g/mol. The Labute approximate surface area is 84.6 Å². The smallest absolute Gasteiger partial charge is 0.305 e. The number of esters is 2. The number of rotatable bonds is 6. The minimum absolute atomic E-state index is 0.188. The Bertz CT molecular complexity index is 189. The van der Waals surface area contributed by atoms with Crippen molar-refractivity contribution in [3.63, 3.8) is 0 Å². The fraction of sp³-hybridized carbons (Fsp3) is 0.800. The summed E-state index contributed by atoms with van der Waals surface area (Å²) < 4.78 is 9.83. The van der Waals surface area contributed by atoms with Crippen molar-refractivity contribution < 1.29 is 19.1 Å². The van der Waals surface area contributed by atoms with Crippen LogP contribution >= 0.6 is 0 Å². The van der Waals surface area contributed by atoms with Crippen molar-refractivity contribution >= 4 is 11.9 Å². The van der Waals surface area contributed by atoms with Crippen molar-refractivity contribution in [3.05, 3.63) is 0 Å². The van der Waals surface area contributed by atoms with E-state index >= 15 is 0 Å². The van der Waals surface area contributed by atoms with Gasteiger partial charge in [0.2, 0.25) is 0 Å². The maximum Gasteiger partial charge on any atom is 0.305 e. The quantitative estimate of drug-likeness (QED) is 0.615. The van der Waals surface area contributed by atoms with Gasteiger partial charge in [-0.05, 0) is 6.92 Å². The summed E-state index contributed by atoms with van der Waals surface area (Å²) in [5, 5.41) is 0. The topological polar surface area (TPSA) is 52.6 Å². The second-order valence-corrected chi connectivity index (χ2v) is 3.02. The minimum Gasteiger partial charge on any atom is -0.466 e. The molecule has 4 nitrogen and oxygen atoms in total. The van der Waals surface area contributed by atoms with Crippen LogP contribution in [0.3, 0.4) is 0 Å². The highest BCUT2D eigenvalue weighted by atomic mass is 16.6. The van der Waals surface area contributed by atoms with Gasteiger partial charge in [0.05, 0.1) is 6.61 Å². The number of carbonyl (C=O) groups is 2. The average Bonchev–Trinajstić information content (AvgIpc) is 2.17. The summed E-state index contributed by atoms with van der Waals surface area (Å²) in [5.74, 6) is -0.446. The molecule has 0 aliphatic heterocycles. The molecule has 0 aliphatic rings. The van der Waals surface area contributed by atoms with Gasteiger partial charge in [-0.2, -0.15) is 0 Å². The number of hydrogen-bond donors (Lipinski definition) is 0. The third-order valence-corrected chi connectivity index (χ3v) is 1.70. The first-order valence-corrected chi connectivity index (χ1v) is 4.95. The second kappa shape index (κ2) is 7.35. The molecule has 0 spiro atoms. The molecule has 0 radical (unpaired) electrons. The van der Waals surface area contributed by atoms with Gasteiger partial charge >= 0.3 is 11.9 Å². The second-order valence-electron chi connectivity index (χ2n) is 3.02. The lowest BCUT2D eigenvalue weighted by Crippen LogP contribution is -2.17. The van der Waals surface area contributed by atoms with Crippen LogP contribution in [0.5, 0.6) is 0 Å². The molecule has 0 bridgehead atoms. The third-order valence-electron chi connectivity index (χ3n) is 1.70. The van der Waals surface area contributed by atoms with Gasteiger partial charge in [0.25, 0.3) is 0 Å². The summed E-state index contributed by atoms with van der Waals surface area (Å²) in [5.41, 5.74) is 0. The molecule has 0 saturated carbocycles. The molecule has 0 aromatic carbocycles. The van der Waals surface area contributed by atoms with Gasteiger partial charge in [-0.25, -0.2) is 0 Å². The van der Waals surface area contributed by atoms with Crippen LogP contribution in [-0.4, -0.2) is 24.6 Å². The SMILES string of the molecule is CCC(=O)OCC[C@@H](C)OC(=O)CC. The molecular weight excluding hydrogens is 184 g/mol. The average molecular weight is 202 g/mol. The maximum atomic E-state index is 10.8. The first kappa shape index (κ1) is 12.9. The van der Waals surface area contributed by atoms with E-state index in [2.05, 4.69) is 0 Å². The summed E-state index contributed by atoms with van der Waals surface area (Å²) in [7, 11) is 0. The van der Waals surface area contributed by atoms with E-state index in [9.17, 15) is 9.59 Å². The Morgan fingerprint density at radius 3 is 2.21 bits per heavy atom. The van der Waals surface area contributed by atoms with Crippen molar-refractivity contribution in [1.29, 1.82) is 0 Å². The van der Waals surface area contributed by atoms with Gasteiger partial charge in [-0.1, -0.05) is 13.8 Å². The van der Waals surface area contributed by atoms with E-state index in [0.717, 1.165) is 0 Å². The fourth-order valence-corrected chi connectivity index (χ4v) is 0.807. The maximum absolute atomic E-state index is 10.8. The van der Waals surface area contributed by atoms with Crippen molar-refractivity contribution in [2.24, 2.45) is 0 Å². The molecule has 0 aromatic heterocycles. The standard InChI is InChI=1S/C10H18O4/c1-4-9(11)13-7-6-8(3)14-10(12)5-2/h8H,4-7H2,1-3H3/t8-/m1/s1. The molecule has 4 heteroatoms. The Kier molecular flexibility index (Phi) is 6.80. The molecule has 0 N–H and O–H groups in total. The largest absolute Gasteiger partial charge is 0.466 e. The first-order chi connectivity index (χ1) is 6.60. The van der Waals surface area contributed by atoms with Crippen LogP contribution in [0, 0.1) is 0 Å². The van der Waals surface area contributed by atoms with Crippen molar-refractivity contribution in [2.45, 2.75) is 46.1 Å². The lowest BCUT2D eigenvalue weighted by atomic mass is 10.3. The van der Waals surface area contributed by atoms with Crippen LogP contribution in [0.25, 0.3) is 0 Å². The lowest BCUT2D eigenvalue weighted by molar-refractivity contribution is -0.150. The van der Waals surface area contributed by atoms with E-state index in [0.29, 0.717) is 25.9 Å². The van der Waals surface area contributed by atoms with Gasteiger partial charge < -0.3 is 9.47 Å². The molecular formula is C10H18O4. The predicted octanol–water partition coefficient (Wildman–Crippen LogP) is 1.67. The van der Waals surface area contributed by atoms with Crippen molar-refractivity contribution in [2.75, 3.05) is 6.61 Å². The molecule has 1 atom stereocenters. The summed E-state index contributed by atoms with van der Waals surface area (Å²) in [4.78, 5) is 21.6. The lowest BCUT2D eigenvalue weighted by Gasteiger charge is -2.12. The summed E-state index contributed by atoms with van der Waals surface area (Å²) in [6, 6.07) is 0. The number of ether oxygens (including phenoxy) is 2. The highest BCUT2D eigenvalue weighted by Gasteiger charge is 2.08. The van der Waals surface area contributed by atoms with Gasteiger partial charge in [0.1, 0.15) is 6.10 Å². The molecule has 82 valence electrons. The highest BCUT2D eigenvalue weighted by Crippen LogP contribution is 2.00. The normalized spacial score (nSPS) is 11.9. The van der Waals surface area contributed by atoms with Gasteiger partial charge in [-0.15, -0.1) is 0 Å². The highest BCUT2D eigenvalue weighted by molar-refractivity contribution is 5.69. The Morgan fingerprint density at radius 2 is 1.71 bits per heavy atom. The Balaban J connectivity index is 3.49. The van der Waals surface area contributed by atoms with Crippen LogP contribution in [0.1, 0.15) is 40.0 Å². The first-order valence-electron chi connectivity index (χ1n) is 4.95. The van der Waals surface area contributed by atoms with E-state index in [-0.39, 0.29) is 18.0 Å². The molecule has 0 fully saturated rings. The van der Waals surface area contributed by atoms with E-state index in [1.54, 1.807) is 20.8 Å². The molecule has 14 heavy (non-hydrogen) atoms. The van der Waals surface area contributed by atoms with Crippen LogP contribution in [0.2, 0.25) is 0 Å². The van der Waals surface area contributed by atoms with E-state index in [4.69, 9.17) is 9.47 Å². The van der Waals surface area contributed by atoms with Gasteiger partial charge in [-0.3, -0.25) is 9.59 Å². The van der Waals surface area contributed by atoms with Crippen molar-refractivity contribution in [1.82, 2.24) is 0 Å². The van der Waals surface area contributed by atoms with Gasteiger partial charge in [0, 0.05) is 19.3 Å². The minimum atomic E-state index is -0.223. The third kappa shape index (κ3) is 6.46. The summed E-state index contributed by atoms with van der Waals surface area (Å²) >= 11 is 0. The van der Waals surface area contributed by atoms with E-state index in [1.165, 1.54) is 0 Å². The predicted molar refractivity (Wildman–Crippen MR) is 51.7 cm³/mol. The molecule has 0 aromatic rings. The zero-order chi connectivity index (χ0) is 11.0. The number of carbonyl (C=O) groups excluding carboxylic acids is 2. The van der Waals surface area contributed by atoms with Crippen molar-refractivity contribution in [3.8, 4) is 0 Å². The Morgan fingerprint density at radius 1 is 1.14 bits per heavy atom. The fourth-order valence-electron chi connectivity index (χ4n) is 0.807. The molecule has 0 rings (SSSR count). The van der Waals surface area contributed by atoms with Crippen LogP contribution in [-0.2, 0) is 19.1 Å². The van der Waals surface area contributed by atoms with Gasteiger partial charge in [0.15, 0.2) is 0 Å². The molecule has 0 saturated heterocycles. The molecule has 0 heterocycles. The van der Waals surface area contributed by atoms with Crippen LogP contribution in [0.15, 0.2) is 0 Å². The zero-order valence-electron chi connectivity index (χ0n) is 9.04. The van der Waals surface area contributed by atoms with E-state index < -0.39 is 0 Å². The summed E-state index contributed by atoms with van der Waals surface area (Å²) in [6.07, 6.45) is 1.12. The van der Waals surface area contributed by atoms with Crippen LogP contribution < -0.4 is 0 Å². The molecule has 0 aliphatic carbocycles. The Hall–Kier alpha value is -1.06. The summed E-state index contributed by atoms with van der Waals surface area (Å²) in [6.45, 7) is 5.58. The molecule has 0 amide bonds. The molecule has 0 unspecified atom stereocenters. The zero-order valence-corrected chi connectivity index (χ0v) is 9.04. The van der Waals surface area contributed by atoms with Crippen LogP contribution in [0.4, 0.5) is 0 Å². The number of hydrogen-bond acceptors (Lipinski definition) is 4.